The molecule has 0 amide bonds. The molecule has 20 heavy (non-hydrogen) atoms. The van der Waals surface area contributed by atoms with Gasteiger partial charge in [-0.15, -0.1) is 0 Å². The number of nitrogen functional groups attached to an aromatic ring is 1. The maximum atomic E-state index is 12.5. The lowest BCUT2D eigenvalue weighted by atomic mass is 10.3. The second-order valence-corrected chi connectivity index (χ2v) is 7.66. The smallest absolute Gasteiger partial charge is 0.306 e. The highest BCUT2D eigenvalue weighted by Gasteiger charge is 2.26. The van der Waals surface area contributed by atoms with Crippen LogP contribution >= 0.6 is 31.9 Å². The molecule has 0 aromatic heterocycles. The van der Waals surface area contributed by atoms with Crippen LogP contribution in [-0.4, -0.2) is 39.4 Å². The highest BCUT2D eigenvalue weighted by molar-refractivity contribution is 9.11. The summed E-state index contributed by atoms with van der Waals surface area (Å²) in [6, 6.07) is 3.01. The molecule has 0 saturated carbocycles. The van der Waals surface area contributed by atoms with E-state index >= 15 is 0 Å². The fraction of sp³-hybridized carbons (Fsp3) is 0.364. The van der Waals surface area contributed by atoms with Gasteiger partial charge in [0, 0.05) is 28.2 Å². The average molecular weight is 430 g/mol. The molecule has 0 radical (unpaired) electrons. The van der Waals surface area contributed by atoms with Gasteiger partial charge in [0.05, 0.1) is 13.5 Å². The van der Waals surface area contributed by atoms with Crippen molar-refractivity contribution in [1.29, 1.82) is 0 Å². The quantitative estimate of drug-likeness (QED) is 0.570. The van der Waals surface area contributed by atoms with Crippen LogP contribution in [0.3, 0.4) is 0 Å². The summed E-state index contributed by atoms with van der Waals surface area (Å²) in [6.07, 6.45) is -0.0174. The van der Waals surface area contributed by atoms with E-state index in [0.717, 1.165) is 4.31 Å². The number of esters is 1. The van der Waals surface area contributed by atoms with Crippen LogP contribution in [0.4, 0.5) is 5.69 Å². The van der Waals surface area contributed by atoms with E-state index in [-0.39, 0.29) is 17.9 Å². The number of hydrogen-bond acceptors (Lipinski definition) is 5. The molecule has 0 saturated heterocycles. The molecule has 9 heteroatoms. The van der Waals surface area contributed by atoms with E-state index in [0.29, 0.717) is 14.6 Å². The van der Waals surface area contributed by atoms with Gasteiger partial charge in [-0.2, -0.15) is 0 Å². The summed E-state index contributed by atoms with van der Waals surface area (Å²) in [5, 5.41) is 0. The molecule has 1 aromatic carbocycles. The number of ether oxygens (including phenoxy) is 1. The van der Waals surface area contributed by atoms with Gasteiger partial charge >= 0.3 is 5.97 Å². The van der Waals surface area contributed by atoms with Crippen molar-refractivity contribution in [3.05, 3.63) is 21.1 Å². The standard InChI is InChI=1S/C11H14Br2N2O4S/c1-15(4-3-10(16)19-2)20(17,18)11-8(12)5-7(14)6-9(11)13/h5-6H,3-4,14H2,1-2H3. The minimum absolute atomic E-state index is 0.0174. The molecule has 0 bridgehead atoms. The Morgan fingerprint density at radius 2 is 1.85 bits per heavy atom. The summed E-state index contributed by atoms with van der Waals surface area (Å²) in [5.41, 5.74) is 6.07. The van der Waals surface area contributed by atoms with E-state index < -0.39 is 16.0 Å². The van der Waals surface area contributed by atoms with E-state index in [1.54, 1.807) is 0 Å². The normalized spacial score (nSPS) is 11.7. The zero-order valence-corrected chi connectivity index (χ0v) is 14.9. The monoisotopic (exact) mass is 428 g/mol. The van der Waals surface area contributed by atoms with Gasteiger partial charge in [0.1, 0.15) is 4.90 Å². The minimum atomic E-state index is -3.74. The molecule has 0 aliphatic rings. The molecular weight excluding hydrogens is 416 g/mol. The van der Waals surface area contributed by atoms with Gasteiger partial charge in [0.2, 0.25) is 10.0 Å². The van der Waals surface area contributed by atoms with Crippen molar-refractivity contribution in [2.75, 3.05) is 26.4 Å². The van der Waals surface area contributed by atoms with Crippen molar-refractivity contribution in [2.24, 2.45) is 0 Å². The predicted octanol–water partition coefficient (Wildman–Crippen LogP) is 1.98. The molecule has 1 aromatic rings. The number of anilines is 1. The molecule has 0 fully saturated rings. The first kappa shape index (κ1) is 17.4. The third kappa shape index (κ3) is 3.94. The van der Waals surface area contributed by atoms with Crippen LogP contribution < -0.4 is 5.73 Å². The number of rotatable bonds is 5. The number of nitrogens with two attached hydrogens (primary N) is 1. The van der Waals surface area contributed by atoms with E-state index in [2.05, 4.69) is 36.6 Å². The maximum absolute atomic E-state index is 12.5. The summed E-state index contributed by atoms with van der Waals surface area (Å²) in [4.78, 5) is 11.1. The molecule has 0 heterocycles. The van der Waals surface area contributed by atoms with Gasteiger partial charge in [0.15, 0.2) is 0 Å². The minimum Gasteiger partial charge on any atom is -0.469 e. The zero-order valence-electron chi connectivity index (χ0n) is 10.9. The lowest BCUT2D eigenvalue weighted by molar-refractivity contribution is -0.140. The van der Waals surface area contributed by atoms with Crippen LogP contribution in [0.15, 0.2) is 26.0 Å². The second-order valence-electron chi connectivity index (χ2n) is 3.97. The van der Waals surface area contributed by atoms with Crippen molar-refractivity contribution < 1.29 is 17.9 Å². The van der Waals surface area contributed by atoms with Crippen LogP contribution in [0.1, 0.15) is 6.42 Å². The Labute approximate surface area is 134 Å². The number of hydrogen-bond donors (Lipinski definition) is 1. The summed E-state index contributed by atoms with van der Waals surface area (Å²) in [5.74, 6) is -0.470. The van der Waals surface area contributed by atoms with Crippen LogP contribution in [0.5, 0.6) is 0 Å². The highest BCUT2D eigenvalue weighted by Crippen LogP contribution is 2.34. The molecule has 6 nitrogen and oxygen atoms in total. The maximum Gasteiger partial charge on any atom is 0.306 e. The topological polar surface area (TPSA) is 89.7 Å². The molecule has 0 atom stereocenters. The van der Waals surface area contributed by atoms with Gasteiger partial charge < -0.3 is 10.5 Å². The second kappa shape index (κ2) is 6.88. The fourth-order valence-electron chi connectivity index (χ4n) is 1.45. The van der Waals surface area contributed by atoms with Crippen LogP contribution in [-0.2, 0) is 19.6 Å². The molecule has 1 rings (SSSR count). The Hall–Kier alpha value is -0.640. The van der Waals surface area contributed by atoms with Gasteiger partial charge in [0.25, 0.3) is 0 Å². The molecule has 0 spiro atoms. The molecule has 112 valence electrons. The van der Waals surface area contributed by atoms with Crippen molar-refractivity contribution in [1.82, 2.24) is 4.31 Å². The van der Waals surface area contributed by atoms with Crippen LogP contribution in [0.2, 0.25) is 0 Å². The van der Waals surface area contributed by atoms with E-state index in [1.165, 1.54) is 26.3 Å². The van der Waals surface area contributed by atoms with Gasteiger partial charge in [-0.3, -0.25) is 4.79 Å². The summed E-state index contributed by atoms with van der Waals surface area (Å²) >= 11 is 6.38. The third-order valence-electron chi connectivity index (χ3n) is 2.55. The third-order valence-corrected chi connectivity index (χ3v) is 6.28. The number of carbonyl (C=O) groups is 1. The van der Waals surface area contributed by atoms with Crippen molar-refractivity contribution in [3.63, 3.8) is 0 Å². The number of halogens is 2. The highest BCUT2D eigenvalue weighted by atomic mass is 79.9. The summed E-state index contributed by atoms with van der Waals surface area (Å²) in [6.45, 7) is 0.0261. The van der Waals surface area contributed by atoms with E-state index in [9.17, 15) is 13.2 Å². The number of nitrogens with zero attached hydrogens (tertiary/aromatic N) is 1. The molecule has 0 unspecified atom stereocenters. The first-order chi connectivity index (χ1) is 9.20. The fourth-order valence-corrected chi connectivity index (χ4v) is 5.16. The number of sulfonamides is 1. The Kier molecular flexibility index (Phi) is 5.99. The van der Waals surface area contributed by atoms with Gasteiger partial charge in [-0.25, -0.2) is 12.7 Å². The van der Waals surface area contributed by atoms with E-state index in [4.69, 9.17) is 5.73 Å². The van der Waals surface area contributed by atoms with Crippen LogP contribution in [0, 0.1) is 0 Å². The van der Waals surface area contributed by atoms with Gasteiger partial charge in [-0.05, 0) is 44.0 Å². The zero-order chi connectivity index (χ0) is 15.5. The molecule has 0 aliphatic carbocycles. The lowest BCUT2D eigenvalue weighted by Gasteiger charge is -2.18. The molecular formula is C11H14Br2N2O4S. The largest absolute Gasteiger partial charge is 0.469 e. The van der Waals surface area contributed by atoms with Gasteiger partial charge in [-0.1, -0.05) is 0 Å². The number of benzene rings is 1. The first-order valence-corrected chi connectivity index (χ1v) is 8.50. The Balaban J connectivity index is 3.08. The van der Waals surface area contributed by atoms with Crippen molar-refractivity contribution in [3.8, 4) is 0 Å². The number of carbonyl (C=O) groups excluding carboxylic acids is 1. The average Bonchev–Trinajstić information content (AvgIpc) is 2.33. The van der Waals surface area contributed by atoms with Crippen molar-refractivity contribution >= 4 is 53.5 Å². The SMILES string of the molecule is COC(=O)CCN(C)S(=O)(=O)c1c(Br)cc(N)cc1Br. The van der Waals surface area contributed by atoms with Crippen LogP contribution in [0.25, 0.3) is 0 Å². The first-order valence-electron chi connectivity index (χ1n) is 5.47. The van der Waals surface area contributed by atoms with Crippen molar-refractivity contribution in [2.45, 2.75) is 11.3 Å². The molecule has 2 N–H and O–H groups in total. The summed E-state index contributed by atoms with van der Waals surface area (Å²) < 4.78 is 31.2. The molecule has 0 aliphatic heterocycles. The number of methoxy groups -OCH3 is 1. The Bertz CT molecular complexity index is 596. The lowest BCUT2D eigenvalue weighted by Crippen LogP contribution is -2.30. The Morgan fingerprint density at radius 1 is 1.35 bits per heavy atom. The Morgan fingerprint density at radius 3 is 2.30 bits per heavy atom. The predicted molar refractivity (Wildman–Crippen MR) is 82.7 cm³/mol. The summed E-state index contributed by atoms with van der Waals surface area (Å²) in [7, 11) is -1.09. The van der Waals surface area contributed by atoms with E-state index in [1.807, 2.05) is 0 Å².